The van der Waals surface area contributed by atoms with Crippen LogP contribution in [0.3, 0.4) is 0 Å². The number of hydrogen-bond acceptors (Lipinski definition) is 1. The number of fused-ring (bicyclic) bond motifs is 10. The highest BCUT2D eigenvalue weighted by Crippen LogP contribution is 2.51. The smallest absolute Gasteiger partial charge is 0.143 e. The van der Waals surface area contributed by atoms with Crippen LogP contribution in [0.1, 0.15) is 25.0 Å². The van der Waals surface area contributed by atoms with E-state index in [0.29, 0.717) is 0 Å². The molecule has 0 fully saturated rings. The molecule has 0 amide bonds. The average molecular weight is 587 g/mol. The van der Waals surface area contributed by atoms with E-state index in [2.05, 4.69) is 159 Å². The van der Waals surface area contributed by atoms with Gasteiger partial charge in [-0.2, -0.15) is 0 Å². The van der Waals surface area contributed by atoms with Crippen LogP contribution < -0.4 is 0 Å². The van der Waals surface area contributed by atoms with Gasteiger partial charge < -0.3 is 4.42 Å². The Morgan fingerprint density at radius 1 is 0.413 bits per heavy atom. The van der Waals surface area contributed by atoms with Gasteiger partial charge in [-0.25, -0.2) is 0 Å². The number of hydrogen-bond donors (Lipinski definition) is 0. The lowest BCUT2D eigenvalue weighted by Crippen LogP contribution is -2.14. The summed E-state index contributed by atoms with van der Waals surface area (Å²) in [7, 11) is 0. The molecule has 1 heterocycles. The van der Waals surface area contributed by atoms with Crippen LogP contribution in [-0.2, 0) is 5.41 Å². The normalized spacial score (nSPS) is 13.6. The van der Waals surface area contributed by atoms with Crippen LogP contribution in [-0.4, -0.2) is 0 Å². The SMILES string of the molecule is CC1(C)c2ccccc2-c2ccc(-c3c4ccccc4c(-c4ccc5oc6c7ccccc7ccc6c5c4)c4ccccc34)cc21. The third kappa shape index (κ3) is 3.40. The minimum absolute atomic E-state index is 0.0540. The highest BCUT2D eigenvalue weighted by atomic mass is 16.3. The molecular formula is C45H30O. The fourth-order valence-corrected chi connectivity index (χ4v) is 8.27. The summed E-state index contributed by atoms with van der Waals surface area (Å²) in [5, 5.41) is 9.71. The molecular weight excluding hydrogens is 556 g/mol. The van der Waals surface area contributed by atoms with E-state index >= 15 is 0 Å². The maximum absolute atomic E-state index is 6.49. The van der Waals surface area contributed by atoms with Crippen molar-refractivity contribution in [3.8, 4) is 33.4 Å². The van der Waals surface area contributed by atoms with Crippen molar-refractivity contribution < 1.29 is 4.42 Å². The molecule has 1 aliphatic rings. The topological polar surface area (TPSA) is 13.1 Å². The third-order valence-corrected chi connectivity index (χ3v) is 10.5. The molecule has 10 rings (SSSR count). The van der Waals surface area contributed by atoms with Crippen molar-refractivity contribution in [1.82, 2.24) is 0 Å². The molecule has 0 aliphatic heterocycles. The van der Waals surface area contributed by atoms with Crippen molar-refractivity contribution in [3.05, 3.63) is 157 Å². The van der Waals surface area contributed by atoms with Crippen molar-refractivity contribution in [2.24, 2.45) is 0 Å². The second-order valence-corrected chi connectivity index (χ2v) is 13.2. The summed E-state index contributed by atoms with van der Waals surface area (Å²) in [4.78, 5) is 0. The van der Waals surface area contributed by atoms with Crippen LogP contribution in [0.25, 0.3) is 87.6 Å². The average Bonchev–Trinajstić information content (AvgIpc) is 3.59. The summed E-state index contributed by atoms with van der Waals surface area (Å²) in [6, 6.07) is 53.5. The number of furan rings is 1. The molecule has 0 unspecified atom stereocenters. The van der Waals surface area contributed by atoms with E-state index in [9.17, 15) is 0 Å². The van der Waals surface area contributed by atoms with Crippen molar-refractivity contribution in [3.63, 3.8) is 0 Å². The fraction of sp³-hybridized carbons (Fsp3) is 0.0667. The fourth-order valence-electron chi connectivity index (χ4n) is 8.27. The lowest BCUT2D eigenvalue weighted by molar-refractivity contribution is 0.660. The Morgan fingerprint density at radius 2 is 0.978 bits per heavy atom. The molecule has 46 heavy (non-hydrogen) atoms. The van der Waals surface area contributed by atoms with Gasteiger partial charge in [0.25, 0.3) is 0 Å². The number of rotatable bonds is 2. The summed E-state index contributed by atoms with van der Waals surface area (Å²) in [5.74, 6) is 0. The van der Waals surface area contributed by atoms with Crippen LogP contribution >= 0.6 is 0 Å². The highest BCUT2D eigenvalue weighted by Gasteiger charge is 2.35. The standard InChI is InChI=1S/C45H30O/c1-45(2)39-18-10-9-13-31(39)32-22-20-29(26-40(32)45)43-35-16-7-5-14-33(35)42(34-15-6-8-17-36(34)43)28-21-24-41-38(25-28)37-23-19-27-11-3-4-12-30(27)44(37)46-41/h3-26H,1-2H3. The second kappa shape index (κ2) is 9.19. The molecule has 1 aliphatic carbocycles. The highest BCUT2D eigenvalue weighted by molar-refractivity contribution is 6.23. The third-order valence-electron chi connectivity index (χ3n) is 10.5. The molecule has 216 valence electrons. The van der Waals surface area contributed by atoms with Crippen LogP contribution in [0.4, 0.5) is 0 Å². The Morgan fingerprint density at radius 3 is 1.70 bits per heavy atom. The van der Waals surface area contributed by atoms with Crippen LogP contribution in [0.5, 0.6) is 0 Å². The van der Waals surface area contributed by atoms with Crippen LogP contribution in [0, 0.1) is 0 Å². The Balaban J connectivity index is 1.24. The molecule has 0 saturated heterocycles. The van der Waals surface area contributed by atoms with E-state index in [1.54, 1.807) is 0 Å². The molecule has 9 aromatic rings. The van der Waals surface area contributed by atoms with Gasteiger partial charge in [-0.05, 0) is 95.7 Å². The van der Waals surface area contributed by atoms with Gasteiger partial charge in [-0.3, -0.25) is 0 Å². The maximum Gasteiger partial charge on any atom is 0.143 e. The summed E-state index contributed by atoms with van der Waals surface area (Å²) < 4.78 is 6.49. The van der Waals surface area contributed by atoms with E-state index in [4.69, 9.17) is 4.42 Å². The first kappa shape index (κ1) is 25.6. The van der Waals surface area contributed by atoms with E-state index in [1.807, 2.05) is 0 Å². The molecule has 0 saturated carbocycles. The van der Waals surface area contributed by atoms with Gasteiger partial charge >= 0.3 is 0 Å². The van der Waals surface area contributed by atoms with Gasteiger partial charge in [0.15, 0.2) is 0 Å². The van der Waals surface area contributed by atoms with Gasteiger partial charge in [0.2, 0.25) is 0 Å². The van der Waals surface area contributed by atoms with Crippen molar-refractivity contribution in [2.75, 3.05) is 0 Å². The number of benzene rings is 8. The molecule has 1 nitrogen and oxygen atoms in total. The van der Waals surface area contributed by atoms with E-state index < -0.39 is 0 Å². The molecule has 1 aromatic heterocycles. The Kier molecular flexibility index (Phi) is 5.12. The molecule has 0 atom stereocenters. The van der Waals surface area contributed by atoms with E-state index in [0.717, 1.165) is 27.3 Å². The Labute approximate surface area is 267 Å². The zero-order valence-electron chi connectivity index (χ0n) is 25.8. The van der Waals surface area contributed by atoms with Crippen molar-refractivity contribution in [1.29, 1.82) is 0 Å². The lowest BCUT2D eigenvalue weighted by atomic mass is 9.80. The molecule has 8 aromatic carbocycles. The Bertz CT molecular complexity index is 2660. The summed E-state index contributed by atoms with van der Waals surface area (Å²) in [6.07, 6.45) is 0. The van der Waals surface area contributed by atoms with Crippen molar-refractivity contribution in [2.45, 2.75) is 19.3 Å². The lowest BCUT2D eigenvalue weighted by Gasteiger charge is -2.23. The molecule has 0 N–H and O–H groups in total. The molecule has 0 radical (unpaired) electrons. The van der Waals surface area contributed by atoms with E-state index in [-0.39, 0.29) is 5.41 Å². The predicted octanol–water partition coefficient (Wildman–Crippen LogP) is 12.7. The monoisotopic (exact) mass is 586 g/mol. The summed E-state index contributed by atoms with van der Waals surface area (Å²) in [5.41, 5.74) is 12.4. The Hall–Kier alpha value is -5.66. The van der Waals surface area contributed by atoms with Gasteiger partial charge in [0.1, 0.15) is 11.2 Å². The maximum atomic E-state index is 6.49. The van der Waals surface area contributed by atoms with Crippen molar-refractivity contribution >= 4 is 54.3 Å². The van der Waals surface area contributed by atoms with Gasteiger partial charge in [-0.1, -0.05) is 135 Å². The zero-order valence-corrected chi connectivity index (χ0v) is 25.8. The zero-order chi connectivity index (χ0) is 30.6. The van der Waals surface area contributed by atoms with Gasteiger partial charge in [-0.15, -0.1) is 0 Å². The molecule has 1 heteroatoms. The predicted molar refractivity (Wildman–Crippen MR) is 195 cm³/mol. The van der Waals surface area contributed by atoms with Gasteiger partial charge in [0, 0.05) is 21.6 Å². The summed E-state index contributed by atoms with van der Waals surface area (Å²) >= 11 is 0. The first-order valence-corrected chi connectivity index (χ1v) is 16.1. The molecule has 0 spiro atoms. The van der Waals surface area contributed by atoms with Crippen LogP contribution in [0.15, 0.2) is 150 Å². The second-order valence-electron chi connectivity index (χ2n) is 13.2. The first-order valence-electron chi connectivity index (χ1n) is 16.1. The van der Waals surface area contributed by atoms with Crippen LogP contribution in [0.2, 0.25) is 0 Å². The largest absolute Gasteiger partial charge is 0.455 e. The van der Waals surface area contributed by atoms with Gasteiger partial charge in [0.05, 0.1) is 0 Å². The minimum Gasteiger partial charge on any atom is -0.455 e. The van der Waals surface area contributed by atoms with E-state index in [1.165, 1.54) is 71.4 Å². The molecule has 0 bridgehead atoms. The quantitative estimate of drug-likeness (QED) is 0.184. The first-order chi connectivity index (χ1) is 22.6. The summed E-state index contributed by atoms with van der Waals surface area (Å²) in [6.45, 7) is 4.72. The minimum atomic E-state index is -0.0540.